The number of benzene rings is 1. The second kappa shape index (κ2) is 5.95. The Labute approximate surface area is 107 Å². The quantitative estimate of drug-likeness (QED) is 0.339. The van der Waals surface area contributed by atoms with Gasteiger partial charge < -0.3 is 15.9 Å². The van der Waals surface area contributed by atoms with E-state index in [0.717, 1.165) is 0 Å². The van der Waals surface area contributed by atoms with E-state index in [4.69, 9.17) is 34.5 Å². The number of anilines is 1. The first-order valence-electron chi connectivity index (χ1n) is 4.58. The van der Waals surface area contributed by atoms with E-state index < -0.39 is 12.2 Å². The average molecular weight is 277 g/mol. The molecule has 0 aromatic heterocycles. The van der Waals surface area contributed by atoms with Crippen LogP contribution in [0.25, 0.3) is 10.4 Å². The van der Waals surface area contributed by atoms with Gasteiger partial charge in [-0.05, 0) is 17.7 Å². The molecule has 1 rings (SSSR count). The number of nitrogens with zero attached hydrogens (tertiary/aromatic N) is 3. The maximum Gasteiger partial charge on any atom is 0.106 e. The molecule has 0 amide bonds. The molecule has 0 saturated heterocycles. The zero-order valence-corrected chi connectivity index (χ0v) is 10.1. The summed E-state index contributed by atoms with van der Waals surface area (Å²) in [5.41, 5.74) is 14.1. The molecule has 0 saturated carbocycles. The van der Waals surface area contributed by atoms with Gasteiger partial charge in [0.15, 0.2) is 0 Å². The van der Waals surface area contributed by atoms with Gasteiger partial charge in [-0.2, -0.15) is 0 Å². The second-order valence-electron chi connectivity index (χ2n) is 3.32. The Morgan fingerprint density at radius 2 is 2.00 bits per heavy atom. The maximum absolute atomic E-state index is 9.79. The molecular weight excluding hydrogens is 267 g/mol. The standard InChI is InChI=1S/C9H10Cl2N4O2/c10-5-2-7(12)6(11)1-4(5)9(17)8(16)3-14-15-13/h1-2,8-9,16-17H,3,12H2. The first-order valence-corrected chi connectivity index (χ1v) is 5.34. The summed E-state index contributed by atoms with van der Waals surface area (Å²) in [6.45, 7) is -0.268. The molecule has 0 bridgehead atoms. The maximum atomic E-state index is 9.79. The number of aliphatic hydroxyl groups excluding tert-OH is 2. The monoisotopic (exact) mass is 276 g/mol. The van der Waals surface area contributed by atoms with E-state index in [1.54, 1.807) is 0 Å². The lowest BCUT2D eigenvalue weighted by atomic mass is 10.0. The van der Waals surface area contributed by atoms with E-state index >= 15 is 0 Å². The summed E-state index contributed by atoms with van der Waals surface area (Å²) in [6, 6.07) is 2.74. The van der Waals surface area contributed by atoms with Crippen LogP contribution in [0.1, 0.15) is 11.7 Å². The van der Waals surface area contributed by atoms with Crippen molar-refractivity contribution < 1.29 is 10.2 Å². The fourth-order valence-corrected chi connectivity index (χ4v) is 1.69. The third-order valence-corrected chi connectivity index (χ3v) is 2.79. The van der Waals surface area contributed by atoms with E-state index in [9.17, 15) is 10.2 Å². The van der Waals surface area contributed by atoms with Crippen LogP contribution in [0.5, 0.6) is 0 Å². The van der Waals surface area contributed by atoms with Crippen molar-refractivity contribution in [2.75, 3.05) is 12.3 Å². The summed E-state index contributed by atoms with van der Waals surface area (Å²) in [4.78, 5) is 2.48. The fourth-order valence-electron chi connectivity index (χ4n) is 1.23. The van der Waals surface area contributed by atoms with Crippen molar-refractivity contribution in [1.82, 2.24) is 0 Å². The van der Waals surface area contributed by atoms with E-state index in [0.29, 0.717) is 0 Å². The van der Waals surface area contributed by atoms with Crippen LogP contribution in [0.4, 0.5) is 5.69 Å². The molecule has 0 aliphatic carbocycles. The molecule has 0 aliphatic heterocycles. The molecule has 0 spiro atoms. The topological polar surface area (TPSA) is 115 Å². The highest BCUT2D eigenvalue weighted by Crippen LogP contribution is 2.32. The van der Waals surface area contributed by atoms with Gasteiger partial charge in [-0.15, -0.1) is 0 Å². The van der Waals surface area contributed by atoms with Gasteiger partial charge in [0.25, 0.3) is 0 Å². The average Bonchev–Trinajstić information content (AvgIpc) is 2.29. The van der Waals surface area contributed by atoms with Gasteiger partial charge in [0, 0.05) is 15.5 Å². The lowest BCUT2D eigenvalue weighted by molar-refractivity contribution is 0.0245. The molecule has 0 heterocycles. The Morgan fingerprint density at radius 3 is 2.59 bits per heavy atom. The Bertz CT molecular complexity index is 463. The summed E-state index contributed by atoms with van der Waals surface area (Å²) in [6.07, 6.45) is -2.56. The largest absolute Gasteiger partial charge is 0.397 e. The molecule has 0 radical (unpaired) electrons. The van der Waals surface area contributed by atoms with Gasteiger partial charge in [-0.25, -0.2) is 0 Å². The second-order valence-corrected chi connectivity index (χ2v) is 4.14. The van der Waals surface area contributed by atoms with Gasteiger partial charge in [0.1, 0.15) is 6.10 Å². The number of nitrogen functional groups attached to an aromatic ring is 1. The molecule has 0 fully saturated rings. The Kier molecular flexibility index (Phi) is 4.86. The summed E-state index contributed by atoms with van der Waals surface area (Å²) in [7, 11) is 0. The highest BCUT2D eigenvalue weighted by Gasteiger charge is 2.21. The lowest BCUT2D eigenvalue weighted by Crippen LogP contribution is -2.21. The highest BCUT2D eigenvalue weighted by atomic mass is 35.5. The van der Waals surface area contributed by atoms with Crippen LogP contribution < -0.4 is 5.73 Å². The van der Waals surface area contributed by atoms with Crippen LogP contribution in [0, 0.1) is 0 Å². The van der Waals surface area contributed by atoms with E-state index in [1.807, 2.05) is 0 Å². The zero-order valence-electron chi connectivity index (χ0n) is 8.59. The van der Waals surface area contributed by atoms with Crippen LogP contribution in [0.15, 0.2) is 17.2 Å². The molecule has 2 unspecified atom stereocenters. The number of hydrogen-bond donors (Lipinski definition) is 3. The van der Waals surface area contributed by atoms with Crippen molar-refractivity contribution in [2.24, 2.45) is 5.11 Å². The first kappa shape index (κ1) is 13.9. The summed E-state index contributed by atoms with van der Waals surface area (Å²) in [5.74, 6) is 0. The molecule has 4 N–H and O–H groups in total. The van der Waals surface area contributed by atoms with Crippen molar-refractivity contribution in [3.63, 3.8) is 0 Å². The number of aliphatic hydroxyl groups is 2. The van der Waals surface area contributed by atoms with Gasteiger partial charge >= 0.3 is 0 Å². The first-order chi connectivity index (χ1) is 7.97. The van der Waals surface area contributed by atoms with Crippen molar-refractivity contribution >= 4 is 28.9 Å². The van der Waals surface area contributed by atoms with Gasteiger partial charge in [0.2, 0.25) is 0 Å². The minimum Gasteiger partial charge on any atom is -0.397 e. The van der Waals surface area contributed by atoms with E-state index in [-0.39, 0.29) is 27.8 Å². The van der Waals surface area contributed by atoms with E-state index in [2.05, 4.69) is 10.0 Å². The molecule has 17 heavy (non-hydrogen) atoms. The highest BCUT2D eigenvalue weighted by molar-refractivity contribution is 6.35. The number of azide groups is 1. The zero-order chi connectivity index (χ0) is 13.0. The van der Waals surface area contributed by atoms with Crippen molar-refractivity contribution in [1.29, 1.82) is 0 Å². The van der Waals surface area contributed by atoms with Crippen molar-refractivity contribution in [3.05, 3.63) is 38.2 Å². The normalized spacial score (nSPS) is 13.9. The van der Waals surface area contributed by atoms with Crippen LogP contribution in [0.3, 0.4) is 0 Å². The van der Waals surface area contributed by atoms with Crippen molar-refractivity contribution in [3.8, 4) is 0 Å². The molecule has 1 aromatic rings. The third kappa shape index (κ3) is 3.39. The minimum absolute atomic E-state index is 0.180. The van der Waals surface area contributed by atoms with Crippen LogP contribution >= 0.6 is 23.2 Å². The molecule has 2 atom stereocenters. The van der Waals surface area contributed by atoms with Crippen LogP contribution in [-0.2, 0) is 0 Å². The lowest BCUT2D eigenvalue weighted by Gasteiger charge is -2.18. The van der Waals surface area contributed by atoms with Crippen LogP contribution in [-0.4, -0.2) is 22.9 Å². The summed E-state index contributed by atoms with van der Waals surface area (Å²) < 4.78 is 0. The number of rotatable bonds is 4. The third-order valence-electron chi connectivity index (χ3n) is 2.13. The number of nitrogens with two attached hydrogens (primary N) is 1. The van der Waals surface area contributed by atoms with Gasteiger partial charge in [-0.3, -0.25) is 0 Å². The molecule has 92 valence electrons. The summed E-state index contributed by atoms with van der Waals surface area (Å²) >= 11 is 11.6. The minimum atomic E-state index is -1.30. The predicted molar refractivity (Wildman–Crippen MR) is 65.9 cm³/mol. The van der Waals surface area contributed by atoms with Gasteiger partial charge in [0.05, 0.1) is 23.4 Å². The Hall–Kier alpha value is -1.17. The van der Waals surface area contributed by atoms with Gasteiger partial charge in [-0.1, -0.05) is 28.3 Å². The van der Waals surface area contributed by atoms with Crippen LogP contribution in [0.2, 0.25) is 10.0 Å². The fraction of sp³-hybridized carbons (Fsp3) is 0.333. The van der Waals surface area contributed by atoms with E-state index in [1.165, 1.54) is 12.1 Å². The Balaban J connectivity index is 2.99. The van der Waals surface area contributed by atoms with Crippen molar-refractivity contribution in [2.45, 2.75) is 12.2 Å². The smallest absolute Gasteiger partial charge is 0.106 e. The molecule has 6 nitrogen and oxygen atoms in total. The molecule has 0 aliphatic rings. The molecule has 8 heteroatoms. The SMILES string of the molecule is [N-]=[N+]=NCC(O)C(O)c1cc(Cl)c(N)cc1Cl. The number of hydrogen-bond acceptors (Lipinski definition) is 4. The predicted octanol–water partition coefficient (Wildman–Crippen LogP) is 2.28. The molecular formula is C9H10Cl2N4O2. The Morgan fingerprint density at radius 1 is 1.35 bits per heavy atom. The molecule has 1 aromatic carbocycles. The summed E-state index contributed by atoms with van der Waals surface area (Å²) in [5, 5.41) is 22.9. The number of halogens is 2.